The Balaban J connectivity index is 1.75. The van der Waals surface area contributed by atoms with Gasteiger partial charge in [0.1, 0.15) is 0 Å². The van der Waals surface area contributed by atoms with Crippen LogP contribution in [-0.4, -0.2) is 48.4 Å². The molecule has 1 amide bonds. The molecule has 3 nitrogen and oxygen atoms in total. The van der Waals surface area contributed by atoms with Crippen LogP contribution in [0.2, 0.25) is 0 Å². The molecule has 2 aromatic rings. The molecule has 1 saturated heterocycles. The summed E-state index contributed by atoms with van der Waals surface area (Å²) in [7, 11) is 0. The summed E-state index contributed by atoms with van der Waals surface area (Å²) in [6, 6.07) is 21.5. The molecule has 0 aliphatic carbocycles. The van der Waals surface area contributed by atoms with Gasteiger partial charge in [-0.05, 0) is 44.4 Å². The predicted octanol–water partition coefficient (Wildman–Crippen LogP) is 4.40. The fraction of sp³-hybridized carbons (Fsp3) is 0.458. The maximum atomic E-state index is 12.8. The van der Waals surface area contributed by atoms with Crippen LogP contribution in [0.25, 0.3) is 0 Å². The molecule has 0 saturated carbocycles. The van der Waals surface area contributed by atoms with E-state index in [1.54, 1.807) is 0 Å². The average Bonchev–Trinajstić information content (AvgIpc) is 2.74. The van der Waals surface area contributed by atoms with E-state index in [0.717, 1.165) is 45.6 Å². The number of rotatable bonds is 7. The Morgan fingerprint density at radius 1 is 1.00 bits per heavy atom. The lowest BCUT2D eigenvalue weighted by Gasteiger charge is -2.36. The largest absolute Gasteiger partial charge is 0.343 e. The van der Waals surface area contributed by atoms with Gasteiger partial charge in [0.25, 0.3) is 0 Å². The van der Waals surface area contributed by atoms with Crippen molar-refractivity contribution in [3.05, 3.63) is 71.8 Å². The second kappa shape index (κ2) is 9.70. The number of carbonyl (C=O) groups is 1. The summed E-state index contributed by atoms with van der Waals surface area (Å²) in [6.07, 6.45) is 2.13. The zero-order chi connectivity index (χ0) is 19.1. The first-order valence-corrected chi connectivity index (χ1v) is 10.3. The SMILES string of the molecule is CCN(CC)C(=O)[C@@H]1CCCN(CC(c2ccccc2)c2ccccc2)C1. The Morgan fingerprint density at radius 2 is 1.56 bits per heavy atom. The van der Waals surface area contributed by atoms with Gasteiger partial charge < -0.3 is 9.80 Å². The van der Waals surface area contributed by atoms with Crippen molar-refractivity contribution >= 4 is 5.91 Å². The Bertz CT molecular complexity index is 657. The molecule has 3 rings (SSSR count). The molecular formula is C24H32N2O. The van der Waals surface area contributed by atoms with Gasteiger partial charge in [-0.3, -0.25) is 4.79 Å². The lowest BCUT2D eigenvalue weighted by atomic mass is 9.89. The molecule has 2 aromatic carbocycles. The second-order valence-corrected chi connectivity index (χ2v) is 7.48. The van der Waals surface area contributed by atoms with Gasteiger partial charge in [0.15, 0.2) is 0 Å². The first-order valence-electron chi connectivity index (χ1n) is 10.3. The second-order valence-electron chi connectivity index (χ2n) is 7.48. The molecule has 0 aromatic heterocycles. The number of piperidine rings is 1. The van der Waals surface area contributed by atoms with Crippen LogP contribution in [0.1, 0.15) is 43.7 Å². The molecule has 1 fully saturated rings. The Hall–Kier alpha value is -2.13. The highest BCUT2D eigenvalue weighted by atomic mass is 16.2. The van der Waals surface area contributed by atoms with Crippen molar-refractivity contribution in [2.45, 2.75) is 32.6 Å². The molecule has 0 bridgehead atoms. The topological polar surface area (TPSA) is 23.6 Å². The highest BCUT2D eigenvalue weighted by Gasteiger charge is 2.29. The van der Waals surface area contributed by atoms with Crippen LogP contribution in [0.4, 0.5) is 0 Å². The molecule has 1 heterocycles. The van der Waals surface area contributed by atoms with Gasteiger partial charge in [0.05, 0.1) is 5.92 Å². The minimum atomic E-state index is 0.144. The fourth-order valence-corrected chi connectivity index (χ4v) is 4.25. The maximum absolute atomic E-state index is 12.8. The van der Waals surface area contributed by atoms with E-state index in [-0.39, 0.29) is 5.92 Å². The van der Waals surface area contributed by atoms with Gasteiger partial charge in [-0.15, -0.1) is 0 Å². The number of hydrogen-bond donors (Lipinski definition) is 0. The maximum Gasteiger partial charge on any atom is 0.226 e. The third kappa shape index (κ3) is 4.98. The van der Waals surface area contributed by atoms with Crippen LogP contribution in [0.5, 0.6) is 0 Å². The highest BCUT2D eigenvalue weighted by Crippen LogP contribution is 2.28. The standard InChI is InChI=1S/C24H32N2O/c1-3-26(4-2)24(27)22-16-11-17-25(18-22)19-23(20-12-7-5-8-13-20)21-14-9-6-10-15-21/h5-10,12-15,22-23H,3-4,11,16-19H2,1-2H3/t22-/m1/s1. The molecule has 1 aliphatic heterocycles. The minimum absolute atomic E-state index is 0.144. The van der Waals surface area contributed by atoms with Crippen LogP contribution in [-0.2, 0) is 4.79 Å². The quantitative estimate of drug-likeness (QED) is 0.727. The van der Waals surface area contributed by atoms with Crippen molar-refractivity contribution in [2.24, 2.45) is 5.92 Å². The van der Waals surface area contributed by atoms with E-state index in [9.17, 15) is 4.79 Å². The van der Waals surface area contributed by atoms with Gasteiger partial charge in [-0.25, -0.2) is 0 Å². The monoisotopic (exact) mass is 364 g/mol. The smallest absolute Gasteiger partial charge is 0.226 e. The molecular weight excluding hydrogens is 332 g/mol. The summed E-state index contributed by atoms with van der Waals surface area (Å²) >= 11 is 0. The summed E-state index contributed by atoms with van der Waals surface area (Å²) in [5.74, 6) is 0.821. The number of likely N-dealkylation sites (tertiary alicyclic amines) is 1. The van der Waals surface area contributed by atoms with Gasteiger partial charge in [-0.2, -0.15) is 0 Å². The molecule has 1 aliphatic rings. The van der Waals surface area contributed by atoms with Gasteiger partial charge in [0.2, 0.25) is 5.91 Å². The summed E-state index contributed by atoms with van der Waals surface area (Å²) in [4.78, 5) is 17.3. The van der Waals surface area contributed by atoms with Crippen molar-refractivity contribution in [3.63, 3.8) is 0 Å². The van der Waals surface area contributed by atoms with Crippen LogP contribution in [0.15, 0.2) is 60.7 Å². The zero-order valence-electron chi connectivity index (χ0n) is 16.7. The number of carbonyl (C=O) groups excluding carboxylic acids is 1. The number of nitrogens with zero attached hydrogens (tertiary/aromatic N) is 2. The molecule has 0 unspecified atom stereocenters. The van der Waals surface area contributed by atoms with E-state index < -0.39 is 0 Å². The molecule has 0 radical (unpaired) electrons. The lowest BCUT2D eigenvalue weighted by Crippen LogP contribution is -2.45. The number of hydrogen-bond acceptors (Lipinski definition) is 2. The van der Waals surface area contributed by atoms with Crippen molar-refractivity contribution in [1.82, 2.24) is 9.80 Å². The highest BCUT2D eigenvalue weighted by molar-refractivity contribution is 5.79. The third-order valence-electron chi connectivity index (χ3n) is 5.77. The predicted molar refractivity (Wildman–Crippen MR) is 112 cm³/mol. The van der Waals surface area contributed by atoms with Crippen molar-refractivity contribution < 1.29 is 4.79 Å². The van der Waals surface area contributed by atoms with Crippen LogP contribution in [0, 0.1) is 5.92 Å². The summed E-state index contributed by atoms with van der Waals surface area (Å²) < 4.78 is 0. The van der Waals surface area contributed by atoms with Crippen molar-refractivity contribution in [2.75, 3.05) is 32.7 Å². The number of benzene rings is 2. The zero-order valence-corrected chi connectivity index (χ0v) is 16.7. The molecule has 0 N–H and O–H groups in total. The molecule has 1 atom stereocenters. The van der Waals surface area contributed by atoms with Gasteiger partial charge in [0, 0.05) is 32.1 Å². The van der Waals surface area contributed by atoms with Crippen molar-refractivity contribution in [3.8, 4) is 0 Å². The fourth-order valence-electron chi connectivity index (χ4n) is 4.25. The third-order valence-corrected chi connectivity index (χ3v) is 5.77. The summed E-state index contributed by atoms with van der Waals surface area (Å²) in [5, 5.41) is 0. The van der Waals surface area contributed by atoms with Crippen molar-refractivity contribution in [1.29, 1.82) is 0 Å². The summed E-state index contributed by atoms with van der Waals surface area (Å²) in [6.45, 7) is 8.69. The molecule has 144 valence electrons. The van der Waals surface area contributed by atoms with E-state index in [0.29, 0.717) is 11.8 Å². The normalized spacial score (nSPS) is 17.8. The molecule has 0 spiro atoms. The average molecular weight is 365 g/mol. The van der Waals surface area contributed by atoms with E-state index in [2.05, 4.69) is 79.4 Å². The minimum Gasteiger partial charge on any atom is -0.343 e. The van der Waals surface area contributed by atoms with E-state index in [4.69, 9.17) is 0 Å². The Kier molecular flexibility index (Phi) is 7.05. The van der Waals surface area contributed by atoms with E-state index in [1.165, 1.54) is 11.1 Å². The van der Waals surface area contributed by atoms with Gasteiger partial charge in [-0.1, -0.05) is 60.7 Å². The first kappa shape index (κ1) is 19.6. The lowest BCUT2D eigenvalue weighted by molar-refractivity contribution is -0.137. The number of amides is 1. The summed E-state index contributed by atoms with van der Waals surface area (Å²) in [5.41, 5.74) is 2.70. The van der Waals surface area contributed by atoms with Crippen LogP contribution in [0.3, 0.4) is 0 Å². The Labute approximate surface area is 164 Å². The van der Waals surface area contributed by atoms with Crippen LogP contribution >= 0.6 is 0 Å². The van der Waals surface area contributed by atoms with E-state index in [1.807, 2.05) is 4.90 Å². The molecule has 3 heteroatoms. The van der Waals surface area contributed by atoms with Crippen LogP contribution < -0.4 is 0 Å². The van der Waals surface area contributed by atoms with E-state index >= 15 is 0 Å². The molecule has 27 heavy (non-hydrogen) atoms. The first-order chi connectivity index (χ1) is 13.2. The van der Waals surface area contributed by atoms with Gasteiger partial charge >= 0.3 is 0 Å². The Morgan fingerprint density at radius 3 is 2.07 bits per heavy atom.